The average molecular weight is 312 g/mol. The number of hydrogen-bond acceptors (Lipinski definition) is 4. The highest BCUT2D eigenvalue weighted by atomic mass is 35.5. The van der Waals surface area contributed by atoms with Crippen molar-refractivity contribution in [3.8, 4) is 5.75 Å². The summed E-state index contributed by atoms with van der Waals surface area (Å²) < 4.78 is 10.8. The van der Waals surface area contributed by atoms with Crippen LogP contribution in [0.3, 0.4) is 0 Å². The summed E-state index contributed by atoms with van der Waals surface area (Å²) in [4.78, 5) is 25.1. The van der Waals surface area contributed by atoms with Crippen LogP contribution in [0, 0.1) is 0 Å². The number of hydrogen-bond donors (Lipinski definition) is 1. The van der Waals surface area contributed by atoms with E-state index in [0.29, 0.717) is 23.8 Å². The summed E-state index contributed by atoms with van der Waals surface area (Å²) in [6.07, 6.45) is -0.295. The monoisotopic (exact) mass is 311 g/mol. The maximum atomic E-state index is 12.5. The number of benzene rings is 1. The Kier molecular flexibility index (Phi) is 3.73. The molecule has 2 atom stereocenters. The number of carboxylic acid groups (broad SMARTS) is 1. The first-order valence-electron chi connectivity index (χ1n) is 6.62. The molecule has 1 aromatic rings. The quantitative estimate of drug-likeness (QED) is 0.880. The number of halogens is 1. The molecule has 1 N–H and O–H groups in total. The van der Waals surface area contributed by atoms with Gasteiger partial charge in [0.05, 0.1) is 13.2 Å². The second-order valence-corrected chi connectivity index (χ2v) is 5.46. The van der Waals surface area contributed by atoms with Crippen LogP contribution in [-0.4, -0.2) is 53.8 Å². The standard InChI is InChI=1S/C14H14ClNO5/c15-9-1-2-11-8(5-9)6-12(21-11)13(17)16-3-4-20-7-10(16)14(18)19/h1-2,5,10,12H,3-4,6-7H2,(H,18,19)/t10-,12+/m0/s1. The molecule has 0 saturated carbocycles. The van der Waals surface area contributed by atoms with E-state index >= 15 is 0 Å². The molecule has 3 rings (SSSR count). The fourth-order valence-corrected chi connectivity index (χ4v) is 2.81. The van der Waals surface area contributed by atoms with E-state index in [1.165, 1.54) is 4.90 Å². The van der Waals surface area contributed by atoms with Crippen LogP contribution in [0.25, 0.3) is 0 Å². The smallest absolute Gasteiger partial charge is 0.328 e. The molecule has 0 spiro atoms. The number of amides is 1. The van der Waals surface area contributed by atoms with Gasteiger partial charge in [-0.3, -0.25) is 4.79 Å². The van der Waals surface area contributed by atoms with Crippen LogP contribution in [0.4, 0.5) is 0 Å². The van der Waals surface area contributed by atoms with E-state index in [4.69, 9.17) is 21.1 Å². The molecule has 6 nitrogen and oxygen atoms in total. The topological polar surface area (TPSA) is 76.1 Å². The van der Waals surface area contributed by atoms with Crippen LogP contribution in [0.5, 0.6) is 5.75 Å². The van der Waals surface area contributed by atoms with Gasteiger partial charge in [-0.2, -0.15) is 0 Å². The maximum absolute atomic E-state index is 12.5. The zero-order valence-electron chi connectivity index (χ0n) is 11.1. The van der Waals surface area contributed by atoms with Gasteiger partial charge in [0.2, 0.25) is 0 Å². The molecule has 0 aliphatic carbocycles. The van der Waals surface area contributed by atoms with E-state index in [1.54, 1.807) is 18.2 Å². The molecule has 2 heterocycles. The highest BCUT2D eigenvalue weighted by Gasteiger charge is 2.39. The van der Waals surface area contributed by atoms with E-state index in [1.807, 2.05) is 0 Å². The highest BCUT2D eigenvalue weighted by Crippen LogP contribution is 2.32. The minimum absolute atomic E-state index is 0.00652. The van der Waals surface area contributed by atoms with E-state index in [2.05, 4.69) is 0 Å². The summed E-state index contributed by atoms with van der Waals surface area (Å²) >= 11 is 5.92. The Balaban J connectivity index is 1.76. The van der Waals surface area contributed by atoms with Gasteiger partial charge < -0.3 is 19.5 Å². The molecule has 0 unspecified atom stereocenters. The first kappa shape index (κ1) is 14.2. The summed E-state index contributed by atoms with van der Waals surface area (Å²) in [6, 6.07) is 4.22. The van der Waals surface area contributed by atoms with Crippen molar-refractivity contribution in [1.29, 1.82) is 0 Å². The molecular weight excluding hydrogens is 298 g/mol. The fourth-order valence-electron chi connectivity index (χ4n) is 2.61. The molecule has 2 aliphatic rings. The minimum Gasteiger partial charge on any atom is -0.480 e. The van der Waals surface area contributed by atoms with Gasteiger partial charge in [0.1, 0.15) is 5.75 Å². The number of ether oxygens (including phenoxy) is 2. The minimum atomic E-state index is -1.07. The Morgan fingerprint density at radius 2 is 2.19 bits per heavy atom. The molecule has 1 amide bonds. The molecule has 1 aromatic carbocycles. The second-order valence-electron chi connectivity index (χ2n) is 5.02. The Hall–Kier alpha value is -1.79. The van der Waals surface area contributed by atoms with Crippen molar-refractivity contribution in [1.82, 2.24) is 4.90 Å². The largest absolute Gasteiger partial charge is 0.480 e. The van der Waals surface area contributed by atoms with Crippen molar-refractivity contribution in [3.05, 3.63) is 28.8 Å². The Labute approximate surface area is 126 Å². The van der Waals surface area contributed by atoms with Crippen molar-refractivity contribution < 1.29 is 24.2 Å². The zero-order valence-corrected chi connectivity index (χ0v) is 11.9. The van der Waals surface area contributed by atoms with Crippen LogP contribution in [-0.2, 0) is 20.7 Å². The van der Waals surface area contributed by atoms with Gasteiger partial charge in [-0.25, -0.2) is 4.79 Å². The lowest BCUT2D eigenvalue weighted by atomic mass is 10.1. The molecule has 2 aliphatic heterocycles. The van der Waals surface area contributed by atoms with Crippen LogP contribution in [0.1, 0.15) is 5.56 Å². The van der Waals surface area contributed by atoms with Gasteiger partial charge in [0, 0.05) is 18.0 Å². The van der Waals surface area contributed by atoms with Gasteiger partial charge in [0.15, 0.2) is 12.1 Å². The third kappa shape index (κ3) is 2.69. The number of morpholine rings is 1. The lowest BCUT2D eigenvalue weighted by molar-refractivity contribution is -0.161. The number of fused-ring (bicyclic) bond motifs is 1. The van der Waals surface area contributed by atoms with Crippen LogP contribution < -0.4 is 4.74 Å². The van der Waals surface area contributed by atoms with Gasteiger partial charge in [-0.1, -0.05) is 11.6 Å². The molecule has 112 valence electrons. The SMILES string of the molecule is O=C(O)[C@@H]1COCCN1C(=O)[C@H]1Cc2cc(Cl)ccc2O1. The Morgan fingerprint density at radius 3 is 2.95 bits per heavy atom. The van der Waals surface area contributed by atoms with E-state index in [9.17, 15) is 14.7 Å². The first-order valence-corrected chi connectivity index (χ1v) is 7.00. The second kappa shape index (κ2) is 5.54. The summed E-state index contributed by atoms with van der Waals surface area (Å²) in [6.45, 7) is 0.598. The molecule has 0 bridgehead atoms. The summed E-state index contributed by atoms with van der Waals surface area (Å²) in [5.74, 6) is -0.766. The highest BCUT2D eigenvalue weighted by molar-refractivity contribution is 6.30. The van der Waals surface area contributed by atoms with Gasteiger partial charge in [0.25, 0.3) is 5.91 Å². The fraction of sp³-hybridized carbons (Fsp3) is 0.429. The molecule has 21 heavy (non-hydrogen) atoms. The molecular formula is C14H14ClNO5. The number of carbonyl (C=O) groups is 2. The van der Waals surface area contributed by atoms with Crippen molar-refractivity contribution in [2.45, 2.75) is 18.6 Å². The van der Waals surface area contributed by atoms with Crippen molar-refractivity contribution in [3.63, 3.8) is 0 Å². The number of aliphatic carboxylic acids is 1. The van der Waals surface area contributed by atoms with Crippen molar-refractivity contribution >= 4 is 23.5 Å². The third-order valence-electron chi connectivity index (χ3n) is 3.67. The predicted octanol–water partition coefficient (Wildman–Crippen LogP) is 0.956. The van der Waals surface area contributed by atoms with E-state index < -0.39 is 18.1 Å². The summed E-state index contributed by atoms with van der Waals surface area (Å²) in [5, 5.41) is 9.76. The summed E-state index contributed by atoms with van der Waals surface area (Å²) in [7, 11) is 0. The lowest BCUT2D eigenvalue weighted by Gasteiger charge is -2.34. The zero-order chi connectivity index (χ0) is 15.0. The average Bonchev–Trinajstić information content (AvgIpc) is 2.89. The van der Waals surface area contributed by atoms with E-state index in [0.717, 1.165) is 5.56 Å². The number of carbonyl (C=O) groups excluding carboxylic acids is 1. The van der Waals surface area contributed by atoms with Crippen LogP contribution >= 0.6 is 11.6 Å². The number of nitrogens with zero attached hydrogens (tertiary/aromatic N) is 1. The molecule has 7 heteroatoms. The van der Waals surface area contributed by atoms with Gasteiger partial charge >= 0.3 is 5.97 Å². The molecule has 0 aromatic heterocycles. The van der Waals surface area contributed by atoms with Crippen molar-refractivity contribution in [2.24, 2.45) is 0 Å². The lowest BCUT2D eigenvalue weighted by Crippen LogP contribution is -2.56. The molecule has 1 fully saturated rings. The first-order chi connectivity index (χ1) is 10.1. The van der Waals surface area contributed by atoms with Gasteiger partial charge in [-0.15, -0.1) is 0 Å². The molecule has 0 radical (unpaired) electrons. The number of rotatable bonds is 2. The normalized spacial score (nSPS) is 24.3. The van der Waals surface area contributed by atoms with Crippen LogP contribution in [0.15, 0.2) is 18.2 Å². The Morgan fingerprint density at radius 1 is 1.38 bits per heavy atom. The molecule has 1 saturated heterocycles. The Bertz CT molecular complexity index is 591. The maximum Gasteiger partial charge on any atom is 0.328 e. The van der Waals surface area contributed by atoms with Crippen molar-refractivity contribution in [2.75, 3.05) is 19.8 Å². The number of carboxylic acids is 1. The predicted molar refractivity (Wildman–Crippen MR) is 73.5 cm³/mol. The van der Waals surface area contributed by atoms with E-state index in [-0.39, 0.29) is 19.1 Å². The van der Waals surface area contributed by atoms with Gasteiger partial charge in [-0.05, 0) is 23.8 Å². The van der Waals surface area contributed by atoms with Crippen LogP contribution in [0.2, 0.25) is 5.02 Å². The summed E-state index contributed by atoms with van der Waals surface area (Å²) in [5.41, 5.74) is 0.862. The third-order valence-corrected chi connectivity index (χ3v) is 3.90.